The van der Waals surface area contributed by atoms with Crippen LogP contribution in [-0.4, -0.2) is 18.4 Å². The number of ether oxygens (including phenoxy) is 1. The summed E-state index contributed by atoms with van der Waals surface area (Å²) in [6.07, 6.45) is 3.43. The Morgan fingerprint density at radius 3 is 1.67 bits per heavy atom. The molecule has 0 atom stereocenters. The summed E-state index contributed by atoms with van der Waals surface area (Å²) in [5.74, 6) is -0.453. The average Bonchev–Trinajstić information content (AvgIpc) is 2.88. The molecule has 0 unspecified atom stereocenters. The van der Waals surface area contributed by atoms with Crippen molar-refractivity contribution in [1.82, 2.24) is 0 Å². The highest BCUT2D eigenvalue weighted by Crippen LogP contribution is 2.35. The lowest BCUT2D eigenvalue weighted by atomic mass is 9.89. The average molecular weight is 433 g/mol. The lowest BCUT2D eigenvalue weighted by Gasteiger charge is -2.16. The summed E-state index contributed by atoms with van der Waals surface area (Å²) in [6.45, 7) is 2.09. The summed E-state index contributed by atoms with van der Waals surface area (Å²) < 4.78 is 5.29. The Balaban J connectivity index is 1.92. The van der Waals surface area contributed by atoms with Gasteiger partial charge in [0.05, 0.1) is 12.2 Å². The van der Waals surface area contributed by atoms with Crippen molar-refractivity contribution in [1.29, 1.82) is 0 Å². The van der Waals surface area contributed by atoms with Crippen LogP contribution in [0, 0.1) is 0 Å². The van der Waals surface area contributed by atoms with Crippen molar-refractivity contribution >= 4 is 17.8 Å². The molecule has 0 heterocycles. The first-order valence-electron chi connectivity index (χ1n) is 10.9. The molecule has 0 N–H and O–H groups in total. The van der Waals surface area contributed by atoms with E-state index >= 15 is 0 Å². The Morgan fingerprint density at radius 2 is 1.18 bits per heavy atom. The lowest BCUT2D eigenvalue weighted by Crippen LogP contribution is -2.06. The van der Waals surface area contributed by atoms with E-state index in [1.807, 2.05) is 97.1 Å². The zero-order valence-corrected chi connectivity index (χ0v) is 18.4. The number of carbonyl (C=O) groups excluding carboxylic acids is 2. The van der Waals surface area contributed by atoms with Crippen LogP contribution in [0.3, 0.4) is 0 Å². The fourth-order valence-electron chi connectivity index (χ4n) is 3.74. The molecule has 162 valence electrons. The van der Waals surface area contributed by atoms with Gasteiger partial charge in [0.2, 0.25) is 0 Å². The monoisotopic (exact) mass is 432 g/mol. The molecule has 3 nitrogen and oxygen atoms in total. The first kappa shape index (κ1) is 22.0. The molecule has 0 aliphatic carbocycles. The van der Waals surface area contributed by atoms with Gasteiger partial charge in [0, 0.05) is 5.56 Å². The van der Waals surface area contributed by atoms with Gasteiger partial charge in [-0.15, -0.1) is 0 Å². The molecule has 0 saturated heterocycles. The molecule has 0 bridgehead atoms. The molecule has 4 rings (SSSR count). The number of carbonyl (C=O) groups is 2. The second-order valence-corrected chi connectivity index (χ2v) is 7.50. The molecule has 0 amide bonds. The minimum atomic E-state index is -0.372. The van der Waals surface area contributed by atoms with Gasteiger partial charge in [-0.05, 0) is 59.0 Å². The normalized spacial score (nSPS) is 10.8. The Labute approximate surface area is 194 Å². The first-order chi connectivity index (χ1) is 16.2. The van der Waals surface area contributed by atoms with E-state index in [0.717, 1.165) is 27.8 Å². The number of ketones is 1. The summed E-state index contributed by atoms with van der Waals surface area (Å²) in [5, 5.41) is 0. The van der Waals surface area contributed by atoms with E-state index in [0.29, 0.717) is 17.7 Å². The van der Waals surface area contributed by atoms with Crippen LogP contribution in [0.25, 0.3) is 28.3 Å². The van der Waals surface area contributed by atoms with Gasteiger partial charge in [-0.25, -0.2) is 4.79 Å². The van der Waals surface area contributed by atoms with E-state index in [1.54, 1.807) is 25.1 Å². The molecule has 0 aromatic heterocycles. The predicted octanol–water partition coefficient (Wildman–Crippen LogP) is 7.09. The van der Waals surface area contributed by atoms with Gasteiger partial charge < -0.3 is 4.74 Å². The first-order valence-corrected chi connectivity index (χ1v) is 10.9. The number of hydrogen-bond donors (Lipinski definition) is 0. The fourth-order valence-corrected chi connectivity index (χ4v) is 3.74. The van der Waals surface area contributed by atoms with Gasteiger partial charge in [-0.3, -0.25) is 4.79 Å². The molecule has 3 heteroatoms. The highest BCUT2D eigenvalue weighted by molar-refractivity contribution is 6.08. The standard InChI is InChI=1S/C30H24O3/c1-2-33-30(32)25-20-27(22-12-6-3-7-13-22)26(28(21-25)23-14-8-4-9-15-23)18-19-29(31)24-16-10-5-11-17-24/h3-21H,2H2,1H3/b19-18-. The maximum atomic E-state index is 12.8. The Hall–Kier alpha value is -4.24. The third-order valence-corrected chi connectivity index (χ3v) is 5.32. The summed E-state index contributed by atoms with van der Waals surface area (Å²) in [4.78, 5) is 25.5. The summed E-state index contributed by atoms with van der Waals surface area (Å²) >= 11 is 0. The van der Waals surface area contributed by atoms with Crippen LogP contribution < -0.4 is 0 Å². The second-order valence-electron chi connectivity index (χ2n) is 7.50. The van der Waals surface area contributed by atoms with Crippen LogP contribution in [0.4, 0.5) is 0 Å². The van der Waals surface area contributed by atoms with E-state index in [1.165, 1.54) is 0 Å². The maximum absolute atomic E-state index is 12.8. The van der Waals surface area contributed by atoms with Crippen LogP contribution in [-0.2, 0) is 4.74 Å². The highest BCUT2D eigenvalue weighted by Gasteiger charge is 2.17. The third-order valence-electron chi connectivity index (χ3n) is 5.32. The van der Waals surface area contributed by atoms with E-state index in [4.69, 9.17) is 4.74 Å². The molecular weight excluding hydrogens is 408 g/mol. The topological polar surface area (TPSA) is 43.4 Å². The zero-order chi connectivity index (χ0) is 23.0. The molecule has 0 aliphatic rings. The molecule has 0 radical (unpaired) electrons. The SMILES string of the molecule is CCOC(=O)c1cc(-c2ccccc2)c(/C=C\C(=O)c2ccccc2)c(-c2ccccc2)c1. The van der Waals surface area contributed by atoms with E-state index in [-0.39, 0.29) is 11.8 Å². The molecule has 4 aromatic rings. The van der Waals surface area contributed by atoms with E-state index in [2.05, 4.69) is 0 Å². The molecule has 4 aromatic carbocycles. The van der Waals surface area contributed by atoms with Gasteiger partial charge in [-0.1, -0.05) is 91.0 Å². The Kier molecular flexibility index (Phi) is 6.91. The summed E-state index contributed by atoms with van der Waals surface area (Å²) in [7, 11) is 0. The van der Waals surface area contributed by atoms with Gasteiger partial charge in [-0.2, -0.15) is 0 Å². The Bertz CT molecular complexity index is 1210. The minimum Gasteiger partial charge on any atom is -0.462 e. The Morgan fingerprint density at radius 1 is 0.697 bits per heavy atom. The zero-order valence-electron chi connectivity index (χ0n) is 18.4. The van der Waals surface area contributed by atoms with Gasteiger partial charge in [0.1, 0.15) is 0 Å². The molecular formula is C30H24O3. The maximum Gasteiger partial charge on any atom is 0.338 e. The van der Waals surface area contributed by atoms with Gasteiger partial charge in [0.25, 0.3) is 0 Å². The minimum absolute atomic E-state index is 0.0805. The van der Waals surface area contributed by atoms with Crippen LogP contribution >= 0.6 is 0 Å². The molecule has 0 fully saturated rings. The quantitative estimate of drug-likeness (QED) is 0.178. The second kappa shape index (κ2) is 10.4. The number of rotatable bonds is 7. The van der Waals surface area contributed by atoms with Crippen molar-refractivity contribution in [2.75, 3.05) is 6.61 Å². The number of allylic oxidation sites excluding steroid dienone is 1. The van der Waals surface area contributed by atoms with Crippen molar-refractivity contribution in [3.05, 3.63) is 126 Å². The highest BCUT2D eigenvalue weighted by atomic mass is 16.5. The smallest absolute Gasteiger partial charge is 0.338 e. The predicted molar refractivity (Wildman–Crippen MR) is 133 cm³/mol. The van der Waals surface area contributed by atoms with Crippen molar-refractivity contribution < 1.29 is 14.3 Å². The molecule has 0 aliphatic heterocycles. The van der Waals surface area contributed by atoms with Crippen molar-refractivity contribution in [3.63, 3.8) is 0 Å². The lowest BCUT2D eigenvalue weighted by molar-refractivity contribution is 0.0526. The van der Waals surface area contributed by atoms with E-state index in [9.17, 15) is 9.59 Å². The van der Waals surface area contributed by atoms with Crippen molar-refractivity contribution in [2.24, 2.45) is 0 Å². The van der Waals surface area contributed by atoms with Crippen LogP contribution in [0.1, 0.15) is 33.2 Å². The molecule has 33 heavy (non-hydrogen) atoms. The number of hydrogen-bond acceptors (Lipinski definition) is 3. The van der Waals surface area contributed by atoms with Crippen molar-refractivity contribution in [3.8, 4) is 22.3 Å². The fraction of sp³-hybridized carbons (Fsp3) is 0.0667. The van der Waals surface area contributed by atoms with Gasteiger partial charge in [0.15, 0.2) is 5.78 Å². The van der Waals surface area contributed by atoms with Gasteiger partial charge >= 0.3 is 5.97 Å². The number of benzene rings is 4. The van der Waals surface area contributed by atoms with Crippen LogP contribution in [0.5, 0.6) is 0 Å². The summed E-state index contributed by atoms with van der Waals surface area (Å²) in [5.41, 5.74) is 5.58. The molecule has 0 spiro atoms. The number of esters is 1. The largest absolute Gasteiger partial charge is 0.462 e. The van der Waals surface area contributed by atoms with Crippen molar-refractivity contribution in [2.45, 2.75) is 6.92 Å². The third kappa shape index (κ3) is 5.16. The molecule has 0 saturated carbocycles. The summed E-state index contributed by atoms with van der Waals surface area (Å²) in [6, 6.07) is 32.6. The van der Waals surface area contributed by atoms with Crippen LogP contribution in [0.15, 0.2) is 109 Å². The van der Waals surface area contributed by atoms with E-state index < -0.39 is 0 Å². The van der Waals surface area contributed by atoms with Crippen LogP contribution in [0.2, 0.25) is 0 Å².